The van der Waals surface area contributed by atoms with Gasteiger partial charge in [0.05, 0.1) is 11.0 Å². The Labute approximate surface area is 288 Å². The smallest absolute Gasteiger partial charge is 0.143 e. The van der Waals surface area contributed by atoms with E-state index in [0.29, 0.717) is 0 Å². The van der Waals surface area contributed by atoms with Crippen LogP contribution in [-0.4, -0.2) is 15.2 Å². The Morgan fingerprint density at radius 1 is 0.520 bits per heavy atom. The average Bonchev–Trinajstić information content (AvgIpc) is 3.91. The van der Waals surface area contributed by atoms with Crippen LogP contribution in [0.1, 0.15) is 25.0 Å². The quantitative estimate of drug-likeness (QED) is 0.202. The zero-order chi connectivity index (χ0) is 33.1. The average molecular weight is 642 g/mol. The molecular weight excluding hydrogens is 611 g/mol. The maximum absolute atomic E-state index is 6.51. The summed E-state index contributed by atoms with van der Waals surface area (Å²) in [5.41, 5.74) is 16.8. The molecule has 50 heavy (non-hydrogen) atoms. The number of H-pyrrole nitrogens is 2. The van der Waals surface area contributed by atoms with Gasteiger partial charge in [0.1, 0.15) is 16.9 Å². The van der Waals surface area contributed by atoms with Crippen LogP contribution in [0.25, 0.3) is 99.3 Å². The first-order chi connectivity index (χ1) is 24.5. The van der Waals surface area contributed by atoms with E-state index in [9.17, 15) is 0 Å². The first kappa shape index (κ1) is 27.5. The Morgan fingerprint density at radius 2 is 1.22 bits per heavy atom. The molecule has 1 aliphatic rings. The van der Waals surface area contributed by atoms with E-state index in [2.05, 4.69) is 145 Å². The Morgan fingerprint density at radius 3 is 2.12 bits per heavy atom. The van der Waals surface area contributed by atoms with Gasteiger partial charge in [-0.2, -0.15) is 5.10 Å². The molecule has 4 heteroatoms. The summed E-state index contributed by atoms with van der Waals surface area (Å²) < 4.78 is 6.51. The minimum Gasteiger partial charge on any atom is -0.455 e. The molecule has 7 aromatic carbocycles. The van der Waals surface area contributed by atoms with Crippen LogP contribution in [0.5, 0.6) is 0 Å². The molecule has 0 unspecified atom stereocenters. The number of nitrogens with one attached hydrogen (secondary N) is 2. The van der Waals surface area contributed by atoms with Crippen molar-refractivity contribution in [2.75, 3.05) is 0 Å². The molecule has 3 heterocycles. The third kappa shape index (κ3) is 3.68. The van der Waals surface area contributed by atoms with E-state index in [4.69, 9.17) is 9.52 Å². The first-order valence-electron chi connectivity index (χ1n) is 17.2. The fraction of sp³-hybridized carbons (Fsp3) is 0.0652. The molecule has 0 atom stereocenters. The van der Waals surface area contributed by atoms with Gasteiger partial charge in [0.2, 0.25) is 0 Å². The molecule has 4 nitrogen and oxygen atoms in total. The number of aromatic nitrogens is 3. The maximum atomic E-state index is 6.51. The van der Waals surface area contributed by atoms with E-state index in [1.54, 1.807) is 0 Å². The van der Waals surface area contributed by atoms with Crippen molar-refractivity contribution < 1.29 is 4.42 Å². The summed E-state index contributed by atoms with van der Waals surface area (Å²) in [7, 11) is 0. The standard InChI is InChI=1S/C46H31N3O/c1-46(2)37-22-19-27(25-36(37)42-38(46)23-21-31-29-10-3-6-15-39(29)47-44(31)42)35-24-26(18-20-32(35)43-34-12-4-7-16-40(34)48-49-43)28-13-9-14-33-30-11-5-8-17-41(30)50-45(28)33/h3-25,47H,1-2H3,(H,48,49). The van der Waals surface area contributed by atoms with Crippen molar-refractivity contribution in [1.29, 1.82) is 0 Å². The number of hydrogen-bond acceptors (Lipinski definition) is 2. The molecule has 1 aliphatic carbocycles. The van der Waals surface area contributed by atoms with Gasteiger partial charge in [-0.3, -0.25) is 5.10 Å². The first-order valence-corrected chi connectivity index (χ1v) is 17.2. The molecule has 0 radical (unpaired) electrons. The molecule has 11 rings (SSSR count). The Kier molecular flexibility index (Phi) is 5.42. The molecule has 0 saturated carbocycles. The normalized spacial score (nSPS) is 13.6. The lowest BCUT2D eigenvalue weighted by Crippen LogP contribution is -2.14. The number of aromatic amines is 2. The zero-order valence-electron chi connectivity index (χ0n) is 27.6. The van der Waals surface area contributed by atoms with Crippen LogP contribution in [-0.2, 0) is 5.41 Å². The molecule has 10 aromatic rings. The second kappa shape index (κ2) is 9.83. The highest BCUT2D eigenvalue weighted by Gasteiger charge is 2.37. The molecular formula is C46H31N3O. The number of hydrogen-bond donors (Lipinski definition) is 2. The number of benzene rings is 7. The number of furan rings is 1. The van der Waals surface area contributed by atoms with Gasteiger partial charge in [-0.05, 0) is 63.7 Å². The van der Waals surface area contributed by atoms with Crippen molar-refractivity contribution in [1.82, 2.24) is 15.2 Å². The van der Waals surface area contributed by atoms with Crippen LogP contribution in [0, 0.1) is 0 Å². The number of rotatable bonds is 3. The lowest BCUT2D eigenvalue weighted by atomic mass is 9.82. The van der Waals surface area contributed by atoms with Crippen LogP contribution < -0.4 is 0 Å². The summed E-state index contributed by atoms with van der Waals surface area (Å²) in [6.07, 6.45) is 0. The zero-order valence-corrected chi connectivity index (χ0v) is 27.6. The molecule has 0 saturated heterocycles. The second-order valence-corrected chi connectivity index (χ2v) is 14.1. The van der Waals surface area contributed by atoms with Crippen molar-refractivity contribution in [2.24, 2.45) is 0 Å². The van der Waals surface area contributed by atoms with Crippen LogP contribution in [0.3, 0.4) is 0 Å². The fourth-order valence-corrected chi connectivity index (χ4v) is 8.63. The topological polar surface area (TPSA) is 57.6 Å². The van der Waals surface area contributed by atoms with Crippen LogP contribution in [0.15, 0.2) is 144 Å². The van der Waals surface area contributed by atoms with Crippen LogP contribution in [0.2, 0.25) is 0 Å². The molecule has 236 valence electrons. The third-order valence-electron chi connectivity index (χ3n) is 11.1. The third-order valence-corrected chi connectivity index (χ3v) is 11.1. The van der Waals surface area contributed by atoms with E-state index in [0.717, 1.165) is 66.4 Å². The van der Waals surface area contributed by atoms with Crippen LogP contribution in [0.4, 0.5) is 0 Å². The Bertz CT molecular complexity index is 3020. The van der Waals surface area contributed by atoms with Gasteiger partial charge >= 0.3 is 0 Å². The van der Waals surface area contributed by atoms with Crippen molar-refractivity contribution in [3.8, 4) is 44.6 Å². The predicted octanol–water partition coefficient (Wildman–Crippen LogP) is 12.4. The maximum Gasteiger partial charge on any atom is 0.143 e. The molecule has 0 aliphatic heterocycles. The van der Waals surface area contributed by atoms with Gasteiger partial charge in [0.25, 0.3) is 0 Å². The van der Waals surface area contributed by atoms with Crippen molar-refractivity contribution in [3.05, 3.63) is 151 Å². The second-order valence-electron chi connectivity index (χ2n) is 14.1. The van der Waals surface area contributed by atoms with Gasteiger partial charge < -0.3 is 9.40 Å². The molecule has 0 amide bonds. The lowest BCUT2D eigenvalue weighted by molar-refractivity contribution is 0.661. The van der Waals surface area contributed by atoms with Gasteiger partial charge in [-0.25, -0.2) is 0 Å². The Hall–Kier alpha value is -6.39. The molecule has 0 bridgehead atoms. The van der Waals surface area contributed by atoms with E-state index in [1.165, 1.54) is 44.1 Å². The summed E-state index contributed by atoms with van der Waals surface area (Å²) in [5, 5.41) is 14.0. The summed E-state index contributed by atoms with van der Waals surface area (Å²) in [4.78, 5) is 3.80. The monoisotopic (exact) mass is 641 g/mol. The van der Waals surface area contributed by atoms with Crippen LogP contribution >= 0.6 is 0 Å². The number of nitrogens with zero attached hydrogens (tertiary/aromatic N) is 1. The SMILES string of the molecule is CC1(C)c2ccc(-c3cc(-c4cccc5c4oc4ccccc45)ccc3-c3n[nH]c4ccccc34)cc2-c2c1ccc1c2[nH]c2ccccc21. The molecule has 3 aromatic heterocycles. The summed E-state index contributed by atoms with van der Waals surface area (Å²) in [6, 6.07) is 50.2. The fourth-order valence-electron chi connectivity index (χ4n) is 8.63. The van der Waals surface area contributed by atoms with Gasteiger partial charge in [0.15, 0.2) is 0 Å². The van der Waals surface area contributed by atoms with Crippen molar-refractivity contribution >= 4 is 54.6 Å². The largest absolute Gasteiger partial charge is 0.455 e. The van der Waals surface area contributed by atoms with E-state index in [1.807, 2.05) is 18.2 Å². The van der Waals surface area contributed by atoms with E-state index in [-0.39, 0.29) is 5.41 Å². The van der Waals surface area contributed by atoms with Gasteiger partial charge in [-0.1, -0.05) is 123 Å². The van der Waals surface area contributed by atoms with Gasteiger partial charge in [-0.15, -0.1) is 0 Å². The van der Waals surface area contributed by atoms with E-state index >= 15 is 0 Å². The van der Waals surface area contributed by atoms with Crippen molar-refractivity contribution in [2.45, 2.75) is 19.3 Å². The lowest BCUT2D eigenvalue weighted by Gasteiger charge is -2.21. The highest BCUT2D eigenvalue weighted by molar-refractivity contribution is 6.14. The van der Waals surface area contributed by atoms with Crippen molar-refractivity contribution in [3.63, 3.8) is 0 Å². The Balaban J connectivity index is 1.18. The predicted molar refractivity (Wildman–Crippen MR) is 207 cm³/mol. The molecule has 2 N–H and O–H groups in total. The minimum atomic E-state index is -0.130. The molecule has 0 spiro atoms. The summed E-state index contributed by atoms with van der Waals surface area (Å²) in [5.74, 6) is 0. The summed E-state index contributed by atoms with van der Waals surface area (Å²) in [6.45, 7) is 4.70. The highest BCUT2D eigenvalue weighted by atomic mass is 16.3. The summed E-state index contributed by atoms with van der Waals surface area (Å²) >= 11 is 0. The number of fused-ring (bicyclic) bond motifs is 11. The van der Waals surface area contributed by atoms with Gasteiger partial charge in [0, 0.05) is 54.6 Å². The molecule has 0 fully saturated rings. The van der Waals surface area contributed by atoms with E-state index < -0.39 is 0 Å². The minimum absolute atomic E-state index is 0.130. The highest BCUT2D eigenvalue weighted by Crippen LogP contribution is 2.53. The number of para-hydroxylation sites is 4.